The number of nitrogens with two attached hydrogens (primary N) is 1. The van der Waals surface area contributed by atoms with Gasteiger partial charge in [0.15, 0.2) is 5.82 Å². The van der Waals surface area contributed by atoms with Crippen LogP contribution < -0.4 is 5.73 Å². The van der Waals surface area contributed by atoms with E-state index in [0.717, 1.165) is 31.0 Å². The molecule has 2 heterocycles. The Morgan fingerprint density at radius 1 is 1.62 bits per heavy atom. The van der Waals surface area contributed by atoms with E-state index in [1.54, 1.807) is 11.8 Å². The first kappa shape index (κ1) is 11.9. The number of rotatable bonds is 5. The molecule has 1 unspecified atom stereocenters. The van der Waals surface area contributed by atoms with Crippen molar-refractivity contribution < 1.29 is 9.26 Å². The number of aromatic nitrogens is 2. The number of hydrogen-bond acceptors (Lipinski definition) is 6. The van der Waals surface area contributed by atoms with E-state index in [9.17, 15) is 0 Å². The number of thioether (sulfide) groups is 1. The Balaban J connectivity index is 1.95. The van der Waals surface area contributed by atoms with Gasteiger partial charge in [0.2, 0.25) is 5.89 Å². The van der Waals surface area contributed by atoms with Crippen LogP contribution in [0.3, 0.4) is 0 Å². The van der Waals surface area contributed by atoms with Gasteiger partial charge in [-0.25, -0.2) is 0 Å². The van der Waals surface area contributed by atoms with Crippen molar-refractivity contribution in [3.8, 4) is 0 Å². The Morgan fingerprint density at radius 2 is 2.50 bits per heavy atom. The summed E-state index contributed by atoms with van der Waals surface area (Å²) in [4.78, 5) is 4.35. The van der Waals surface area contributed by atoms with Gasteiger partial charge in [-0.15, -0.1) is 0 Å². The Morgan fingerprint density at radius 3 is 3.19 bits per heavy atom. The van der Waals surface area contributed by atoms with Crippen LogP contribution in [-0.2, 0) is 4.74 Å². The van der Waals surface area contributed by atoms with E-state index in [2.05, 4.69) is 16.4 Å². The minimum absolute atomic E-state index is 0.143. The first-order valence-corrected chi connectivity index (χ1v) is 6.86. The maximum Gasteiger partial charge on any atom is 0.243 e. The number of hydrogen-bond donors (Lipinski definition) is 1. The molecule has 1 aliphatic heterocycles. The molecule has 1 saturated heterocycles. The molecular formula is C10H17N3O2S. The number of ether oxygens (including phenoxy) is 1. The zero-order valence-electron chi connectivity index (χ0n) is 9.39. The topological polar surface area (TPSA) is 74.2 Å². The highest BCUT2D eigenvalue weighted by atomic mass is 32.2. The zero-order chi connectivity index (χ0) is 11.4. The van der Waals surface area contributed by atoms with Crippen LogP contribution in [0.4, 0.5) is 0 Å². The maximum atomic E-state index is 5.95. The van der Waals surface area contributed by atoms with Crippen molar-refractivity contribution >= 4 is 11.8 Å². The van der Waals surface area contributed by atoms with Gasteiger partial charge in [-0.3, -0.25) is 0 Å². The fraction of sp³-hybridized carbons (Fsp3) is 0.800. The summed E-state index contributed by atoms with van der Waals surface area (Å²) in [5.74, 6) is 2.58. The normalized spacial score (nSPS) is 22.5. The minimum Gasteiger partial charge on any atom is -0.381 e. The highest BCUT2D eigenvalue weighted by Gasteiger charge is 2.24. The molecule has 0 aromatic carbocycles. The molecule has 1 aromatic heterocycles. The van der Waals surface area contributed by atoms with Gasteiger partial charge in [-0.2, -0.15) is 16.7 Å². The van der Waals surface area contributed by atoms with E-state index in [1.165, 1.54) is 0 Å². The molecule has 5 nitrogen and oxygen atoms in total. The fourth-order valence-electron chi connectivity index (χ4n) is 1.67. The first-order chi connectivity index (χ1) is 7.81. The summed E-state index contributed by atoms with van der Waals surface area (Å²) >= 11 is 1.77. The molecule has 0 saturated carbocycles. The van der Waals surface area contributed by atoms with Crippen molar-refractivity contribution in [3.63, 3.8) is 0 Å². The molecule has 0 radical (unpaired) electrons. The quantitative estimate of drug-likeness (QED) is 0.841. The summed E-state index contributed by atoms with van der Waals surface area (Å²) in [6.45, 7) is 1.48. The molecule has 0 bridgehead atoms. The molecular weight excluding hydrogens is 226 g/mol. The summed E-state index contributed by atoms with van der Waals surface area (Å²) in [7, 11) is 0. The van der Waals surface area contributed by atoms with Gasteiger partial charge in [0.1, 0.15) is 0 Å². The van der Waals surface area contributed by atoms with Crippen LogP contribution in [0.2, 0.25) is 0 Å². The van der Waals surface area contributed by atoms with Crippen molar-refractivity contribution in [1.82, 2.24) is 10.1 Å². The van der Waals surface area contributed by atoms with Crippen LogP contribution in [0.25, 0.3) is 0 Å². The van der Waals surface area contributed by atoms with Gasteiger partial charge in [-0.05, 0) is 24.9 Å². The molecule has 1 aliphatic rings. The third-order valence-electron chi connectivity index (χ3n) is 2.70. The van der Waals surface area contributed by atoms with Crippen molar-refractivity contribution in [2.75, 3.05) is 25.2 Å². The Kier molecular flexibility index (Phi) is 4.20. The predicted molar refractivity (Wildman–Crippen MR) is 62.4 cm³/mol. The molecule has 0 aliphatic carbocycles. The molecule has 16 heavy (non-hydrogen) atoms. The summed E-state index contributed by atoms with van der Waals surface area (Å²) in [5.41, 5.74) is 5.95. The second-order valence-electron chi connectivity index (χ2n) is 3.94. The van der Waals surface area contributed by atoms with Crippen molar-refractivity contribution in [2.24, 2.45) is 5.73 Å². The van der Waals surface area contributed by atoms with Crippen LogP contribution in [0.15, 0.2) is 4.52 Å². The van der Waals surface area contributed by atoms with Gasteiger partial charge < -0.3 is 15.0 Å². The van der Waals surface area contributed by atoms with E-state index < -0.39 is 0 Å². The lowest BCUT2D eigenvalue weighted by Gasteiger charge is -2.04. The van der Waals surface area contributed by atoms with Crippen LogP contribution in [0.1, 0.15) is 36.5 Å². The monoisotopic (exact) mass is 243 g/mol. The van der Waals surface area contributed by atoms with E-state index >= 15 is 0 Å². The van der Waals surface area contributed by atoms with E-state index in [1.807, 2.05) is 0 Å². The van der Waals surface area contributed by atoms with Crippen molar-refractivity contribution in [1.29, 1.82) is 0 Å². The van der Waals surface area contributed by atoms with Crippen molar-refractivity contribution in [2.45, 2.75) is 24.8 Å². The van der Waals surface area contributed by atoms with Crippen LogP contribution in [0.5, 0.6) is 0 Å². The van der Waals surface area contributed by atoms with Gasteiger partial charge in [0.25, 0.3) is 0 Å². The third-order valence-corrected chi connectivity index (χ3v) is 3.35. The summed E-state index contributed by atoms with van der Waals surface area (Å²) in [6, 6.07) is -0.143. The minimum atomic E-state index is -0.143. The van der Waals surface area contributed by atoms with Gasteiger partial charge in [0, 0.05) is 12.5 Å². The Labute approximate surface area is 99.1 Å². The van der Waals surface area contributed by atoms with Crippen LogP contribution >= 0.6 is 11.8 Å². The molecule has 2 atom stereocenters. The molecule has 0 amide bonds. The Bertz CT molecular complexity index is 326. The first-order valence-electron chi connectivity index (χ1n) is 5.47. The molecule has 2 rings (SSSR count). The zero-order valence-corrected chi connectivity index (χ0v) is 10.2. The predicted octanol–water partition coefficient (Wildman–Crippen LogP) is 1.33. The van der Waals surface area contributed by atoms with E-state index in [-0.39, 0.29) is 12.0 Å². The molecule has 6 heteroatoms. The maximum absolute atomic E-state index is 5.95. The second kappa shape index (κ2) is 5.65. The molecule has 1 aromatic rings. The highest BCUT2D eigenvalue weighted by molar-refractivity contribution is 7.98. The lowest BCUT2D eigenvalue weighted by molar-refractivity contribution is 0.192. The summed E-state index contributed by atoms with van der Waals surface area (Å²) in [6.07, 6.45) is 3.89. The largest absolute Gasteiger partial charge is 0.381 e. The average Bonchev–Trinajstić information content (AvgIpc) is 2.94. The SMILES string of the molecule is CSCC[C@@H](N)c1nc(C2CCOC2)no1. The van der Waals surface area contributed by atoms with E-state index in [0.29, 0.717) is 12.5 Å². The molecule has 0 spiro atoms. The lowest BCUT2D eigenvalue weighted by atomic mass is 10.1. The highest BCUT2D eigenvalue weighted by Crippen LogP contribution is 2.24. The summed E-state index contributed by atoms with van der Waals surface area (Å²) in [5, 5.41) is 3.97. The molecule has 90 valence electrons. The van der Waals surface area contributed by atoms with E-state index in [4.69, 9.17) is 15.0 Å². The van der Waals surface area contributed by atoms with Crippen LogP contribution in [0, 0.1) is 0 Å². The average molecular weight is 243 g/mol. The third kappa shape index (κ3) is 2.75. The van der Waals surface area contributed by atoms with Crippen LogP contribution in [-0.4, -0.2) is 35.4 Å². The Hall–Kier alpha value is -0.590. The summed E-state index contributed by atoms with van der Waals surface area (Å²) < 4.78 is 10.5. The van der Waals surface area contributed by atoms with Gasteiger partial charge >= 0.3 is 0 Å². The van der Waals surface area contributed by atoms with Gasteiger partial charge in [0.05, 0.1) is 12.6 Å². The van der Waals surface area contributed by atoms with Crippen molar-refractivity contribution in [3.05, 3.63) is 11.7 Å². The molecule has 1 fully saturated rings. The number of nitrogens with zero attached hydrogens (tertiary/aromatic N) is 2. The standard InChI is InChI=1S/C10H17N3O2S/c1-16-5-3-8(11)10-12-9(13-15-10)7-2-4-14-6-7/h7-8H,2-6,11H2,1H3/t7?,8-/m1/s1. The second-order valence-corrected chi connectivity index (χ2v) is 4.92. The van der Waals surface area contributed by atoms with Gasteiger partial charge in [-0.1, -0.05) is 5.16 Å². The fourth-order valence-corrected chi connectivity index (χ4v) is 2.16. The smallest absolute Gasteiger partial charge is 0.243 e. The molecule has 2 N–H and O–H groups in total. The lowest BCUT2D eigenvalue weighted by Crippen LogP contribution is -2.12.